The van der Waals surface area contributed by atoms with E-state index in [-0.39, 0.29) is 18.6 Å². The Kier molecular flexibility index (Phi) is 4.65. The largest absolute Gasteiger partial charge is 0.396 e. The van der Waals surface area contributed by atoms with Crippen LogP contribution in [0.1, 0.15) is 12.8 Å². The summed E-state index contributed by atoms with van der Waals surface area (Å²) in [5, 5.41) is 16.9. The predicted octanol–water partition coefficient (Wildman–Crippen LogP) is 2.44. The van der Waals surface area contributed by atoms with Gasteiger partial charge in [0, 0.05) is 36.8 Å². The Balaban J connectivity index is 1.71. The topological polar surface area (TPSA) is 78.4 Å². The van der Waals surface area contributed by atoms with Crippen LogP contribution in [0.25, 0.3) is 11.3 Å². The van der Waals surface area contributed by atoms with Crippen LogP contribution in [0, 0.1) is 5.92 Å². The molecule has 1 aromatic carbocycles. The van der Waals surface area contributed by atoms with Gasteiger partial charge in [0.15, 0.2) is 0 Å². The lowest BCUT2D eigenvalue weighted by Gasteiger charge is -2.31. The molecule has 1 unspecified atom stereocenters. The number of hydrogen-bond acceptors (Lipinski definition) is 5. The molecule has 2 N–H and O–H groups in total. The molecule has 1 aliphatic heterocycles. The maximum Gasteiger partial charge on any atom is 0.322 e. The van der Waals surface area contributed by atoms with Crippen LogP contribution in [-0.4, -0.2) is 45.3 Å². The number of carbonyl (C=O) groups excluding carboxylic acids is 1. The quantitative estimate of drug-likeness (QED) is 0.911. The second kappa shape index (κ2) is 6.85. The summed E-state index contributed by atoms with van der Waals surface area (Å²) >= 11 is 1.17. The Bertz CT molecular complexity index is 631. The number of likely N-dealkylation sites (tertiary alicyclic amines) is 1. The van der Waals surface area contributed by atoms with Gasteiger partial charge in [0.2, 0.25) is 0 Å². The Morgan fingerprint density at radius 3 is 3.00 bits per heavy atom. The number of hydrogen-bond donors (Lipinski definition) is 2. The number of aliphatic hydroxyl groups excluding tert-OH is 1. The lowest BCUT2D eigenvalue weighted by molar-refractivity contribution is 0.136. The molecule has 2 aromatic rings. The molecule has 0 bridgehead atoms. The monoisotopic (exact) mass is 318 g/mol. The predicted molar refractivity (Wildman–Crippen MR) is 85.7 cm³/mol. The fraction of sp³-hybridized carbons (Fsp3) is 0.400. The summed E-state index contributed by atoms with van der Waals surface area (Å²) < 4.78 is 3.95. The van der Waals surface area contributed by atoms with Gasteiger partial charge in [-0.15, -0.1) is 5.10 Å². The fourth-order valence-electron chi connectivity index (χ4n) is 2.63. The van der Waals surface area contributed by atoms with Crippen molar-refractivity contribution in [2.45, 2.75) is 12.8 Å². The first-order valence-corrected chi connectivity index (χ1v) is 8.10. The van der Waals surface area contributed by atoms with E-state index < -0.39 is 0 Å². The molecule has 6 nitrogen and oxygen atoms in total. The summed E-state index contributed by atoms with van der Waals surface area (Å²) in [7, 11) is 0. The second-order valence-corrected chi connectivity index (χ2v) is 6.14. The summed E-state index contributed by atoms with van der Waals surface area (Å²) in [5.74, 6) is 0.174. The molecule has 0 radical (unpaired) electrons. The highest BCUT2D eigenvalue weighted by Crippen LogP contribution is 2.29. The Hall–Kier alpha value is -1.99. The van der Waals surface area contributed by atoms with Crippen molar-refractivity contribution in [3.05, 3.63) is 30.3 Å². The van der Waals surface area contributed by atoms with Crippen LogP contribution in [0.5, 0.6) is 0 Å². The zero-order valence-electron chi connectivity index (χ0n) is 12.1. The van der Waals surface area contributed by atoms with E-state index in [1.54, 1.807) is 4.90 Å². The van der Waals surface area contributed by atoms with Crippen LogP contribution >= 0.6 is 11.5 Å². The highest BCUT2D eigenvalue weighted by molar-refractivity contribution is 7.10. The van der Waals surface area contributed by atoms with E-state index in [9.17, 15) is 9.90 Å². The molecule has 2 heterocycles. The van der Waals surface area contributed by atoms with Crippen molar-refractivity contribution in [2.75, 3.05) is 25.0 Å². The van der Waals surface area contributed by atoms with E-state index >= 15 is 0 Å². The number of aliphatic hydroxyl groups is 1. The second-order valence-electron chi connectivity index (χ2n) is 5.38. The van der Waals surface area contributed by atoms with E-state index in [0.29, 0.717) is 17.2 Å². The average Bonchev–Trinajstić information content (AvgIpc) is 3.04. The molecule has 7 heteroatoms. The van der Waals surface area contributed by atoms with Gasteiger partial charge in [0.25, 0.3) is 0 Å². The molecule has 1 fully saturated rings. The zero-order chi connectivity index (χ0) is 15.4. The summed E-state index contributed by atoms with van der Waals surface area (Å²) in [6.07, 6.45) is 1.89. The van der Waals surface area contributed by atoms with Crippen molar-refractivity contribution in [2.24, 2.45) is 5.92 Å². The van der Waals surface area contributed by atoms with Crippen LogP contribution < -0.4 is 5.32 Å². The summed E-state index contributed by atoms with van der Waals surface area (Å²) in [5.41, 5.74) is 1.62. The standard InChI is InChI=1S/C15H18N4O2S/c20-10-11-5-4-8-19(9-11)15(21)16-14-13(17-18-22-14)12-6-2-1-3-7-12/h1-3,6-7,11,20H,4-5,8-10H2,(H,16,21). The van der Waals surface area contributed by atoms with Crippen LogP contribution in [0.2, 0.25) is 0 Å². The van der Waals surface area contributed by atoms with Gasteiger partial charge in [-0.25, -0.2) is 4.79 Å². The molecule has 3 rings (SSSR count). The van der Waals surface area contributed by atoms with Crippen LogP contribution in [0.3, 0.4) is 0 Å². The van der Waals surface area contributed by atoms with Crippen molar-refractivity contribution in [1.29, 1.82) is 0 Å². The first-order chi connectivity index (χ1) is 10.8. The third-order valence-electron chi connectivity index (χ3n) is 3.82. The number of nitrogens with one attached hydrogen (secondary N) is 1. The van der Waals surface area contributed by atoms with Crippen LogP contribution in [0.15, 0.2) is 30.3 Å². The van der Waals surface area contributed by atoms with Crippen molar-refractivity contribution in [3.8, 4) is 11.3 Å². The summed E-state index contributed by atoms with van der Waals surface area (Å²) in [4.78, 5) is 14.1. The number of aromatic nitrogens is 2. The van der Waals surface area contributed by atoms with Gasteiger partial charge in [-0.2, -0.15) is 0 Å². The molecule has 0 spiro atoms. The number of amides is 2. The normalized spacial score (nSPS) is 18.2. The van der Waals surface area contributed by atoms with Gasteiger partial charge in [0.05, 0.1) is 0 Å². The number of carbonyl (C=O) groups is 1. The van der Waals surface area contributed by atoms with Crippen molar-refractivity contribution in [1.82, 2.24) is 14.5 Å². The number of benzene rings is 1. The highest BCUT2D eigenvalue weighted by atomic mass is 32.1. The molecular formula is C15H18N4O2S. The SMILES string of the molecule is O=C(Nc1snnc1-c1ccccc1)N1CCCC(CO)C1. The number of rotatable bonds is 3. The molecule has 1 aromatic heterocycles. The summed E-state index contributed by atoms with van der Waals surface area (Å²) in [6.45, 7) is 1.44. The van der Waals surface area contributed by atoms with E-state index in [2.05, 4.69) is 14.9 Å². The van der Waals surface area contributed by atoms with E-state index in [1.807, 2.05) is 30.3 Å². The number of anilines is 1. The minimum Gasteiger partial charge on any atom is -0.396 e. The molecule has 0 aliphatic carbocycles. The van der Waals surface area contributed by atoms with Gasteiger partial charge < -0.3 is 10.0 Å². The highest BCUT2D eigenvalue weighted by Gasteiger charge is 2.24. The molecule has 0 saturated carbocycles. The minimum atomic E-state index is -0.151. The van der Waals surface area contributed by atoms with E-state index in [0.717, 1.165) is 24.9 Å². The van der Waals surface area contributed by atoms with Gasteiger partial charge in [-0.05, 0) is 18.8 Å². The maximum absolute atomic E-state index is 12.4. The molecular weight excluding hydrogens is 300 g/mol. The van der Waals surface area contributed by atoms with Crippen molar-refractivity contribution < 1.29 is 9.90 Å². The third kappa shape index (κ3) is 3.26. The average molecular weight is 318 g/mol. The van der Waals surface area contributed by atoms with Crippen molar-refractivity contribution in [3.63, 3.8) is 0 Å². The first-order valence-electron chi connectivity index (χ1n) is 7.32. The lowest BCUT2D eigenvalue weighted by atomic mass is 9.99. The van der Waals surface area contributed by atoms with E-state index in [4.69, 9.17) is 0 Å². The Morgan fingerprint density at radius 1 is 1.41 bits per heavy atom. The molecule has 22 heavy (non-hydrogen) atoms. The van der Waals surface area contributed by atoms with Gasteiger partial charge in [0.1, 0.15) is 10.7 Å². The summed E-state index contributed by atoms with van der Waals surface area (Å²) in [6, 6.07) is 9.52. The van der Waals surface area contributed by atoms with Gasteiger partial charge in [-0.1, -0.05) is 34.8 Å². The van der Waals surface area contributed by atoms with Crippen LogP contribution in [-0.2, 0) is 0 Å². The number of urea groups is 1. The first kappa shape index (κ1) is 14.9. The van der Waals surface area contributed by atoms with Gasteiger partial charge in [-0.3, -0.25) is 5.32 Å². The van der Waals surface area contributed by atoms with Crippen LogP contribution in [0.4, 0.5) is 9.80 Å². The Morgan fingerprint density at radius 2 is 2.23 bits per heavy atom. The fourth-order valence-corrected chi connectivity index (χ4v) is 3.21. The van der Waals surface area contributed by atoms with Crippen molar-refractivity contribution >= 4 is 22.6 Å². The maximum atomic E-state index is 12.4. The minimum absolute atomic E-state index is 0.126. The smallest absolute Gasteiger partial charge is 0.322 e. The molecule has 1 aliphatic rings. The molecule has 116 valence electrons. The molecule has 1 saturated heterocycles. The zero-order valence-corrected chi connectivity index (χ0v) is 12.9. The lowest BCUT2D eigenvalue weighted by Crippen LogP contribution is -2.43. The Labute approximate surface area is 132 Å². The molecule has 2 amide bonds. The van der Waals surface area contributed by atoms with E-state index in [1.165, 1.54) is 11.5 Å². The van der Waals surface area contributed by atoms with Gasteiger partial charge >= 0.3 is 6.03 Å². The molecule has 1 atom stereocenters. The number of piperidine rings is 1. The third-order valence-corrected chi connectivity index (χ3v) is 4.46. The number of nitrogens with zero attached hydrogens (tertiary/aromatic N) is 3.